The summed E-state index contributed by atoms with van der Waals surface area (Å²) in [5, 5.41) is 0. The molecule has 4 heteroatoms. The van der Waals surface area contributed by atoms with Crippen molar-refractivity contribution in [2.24, 2.45) is 0 Å². The third kappa shape index (κ3) is 1.64. The van der Waals surface area contributed by atoms with Gasteiger partial charge in [-0.05, 0) is 12.1 Å². The van der Waals surface area contributed by atoms with Crippen LogP contribution in [0.15, 0.2) is 55.2 Å². The van der Waals surface area contributed by atoms with Crippen molar-refractivity contribution in [1.82, 2.24) is 0 Å². The van der Waals surface area contributed by atoms with Crippen LogP contribution >= 0.6 is 0 Å². The van der Waals surface area contributed by atoms with Crippen LogP contribution in [0.5, 0.6) is 0 Å². The fourth-order valence-electron chi connectivity index (χ4n) is 1.04. The highest BCUT2D eigenvalue weighted by molar-refractivity contribution is 5.59. The predicted octanol–water partition coefficient (Wildman–Crippen LogP) is 1.26. The minimum Gasteiger partial charge on any atom is -0.431 e. The lowest BCUT2D eigenvalue weighted by Gasteiger charge is -1.96. The minimum atomic E-state index is -0.411. The lowest BCUT2D eigenvalue weighted by molar-refractivity contribution is 0.505. The van der Waals surface area contributed by atoms with Crippen molar-refractivity contribution in [2.45, 2.75) is 0 Å². The number of hydrogen-bond donors (Lipinski definition) is 0. The van der Waals surface area contributed by atoms with Crippen LogP contribution in [0.4, 0.5) is 0 Å². The van der Waals surface area contributed by atoms with Gasteiger partial charge >= 0.3 is 11.3 Å². The Hall–Kier alpha value is -2.10. The van der Waals surface area contributed by atoms with Crippen molar-refractivity contribution in [2.75, 3.05) is 0 Å². The van der Waals surface area contributed by atoms with E-state index in [1.54, 1.807) is 12.1 Å². The van der Waals surface area contributed by atoms with E-state index in [4.69, 9.17) is 0 Å². The van der Waals surface area contributed by atoms with Crippen LogP contribution in [-0.4, -0.2) is 0 Å². The molecule has 0 aliphatic carbocycles. The van der Waals surface area contributed by atoms with Gasteiger partial charge in [-0.25, -0.2) is 9.59 Å². The zero-order valence-electron chi connectivity index (χ0n) is 7.10. The first-order valence-electron chi connectivity index (χ1n) is 3.94. The molecule has 2 heterocycles. The second-order valence-corrected chi connectivity index (χ2v) is 2.69. The molecule has 0 radical (unpaired) electrons. The van der Waals surface area contributed by atoms with Crippen LogP contribution in [0.3, 0.4) is 0 Å². The van der Waals surface area contributed by atoms with E-state index in [9.17, 15) is 9.59 Å². The average Bonchev–Trinajstić information content (AvgIpc) is 2.21. The summed E-state index contributed by atoms with van der Waals surface area (Å²) >= 11 is 0. The SMILES string of the molecule is O=c1ccc(-c2ccc(=O)oc2)co1. The maximum atomic E-state index is 10.7. The van der Waals surface area contributed by atoms with E-state index in [1.807, 2.05) is 0 Å². The second kappa shape index (κ2) is 3.33. The summed E-state index contributed by atoms with van der Waals surface area (Å²) in [6.45, 7) is 0. The molecular weight excluding hydrogens is 184 g/mol. The molecule has 2 aromatic rings. The van der Waals surface area contributed by atoms with Gasteiger partial charge in [-0.2, -0.15) is 0 Å². The van der Waals surface area contributed by atoms with Gasteiger partial charge in [-0.15, -0.1) is 0 Å². The van der Waals surface area contributed by atoms with Gasteiger partial charge < -0.3 is 8.83 Å². The highest BCUT2D eigenvalue weighted by atomic mass is 16.4. The van der Waals surface area contributed by atoms with E-state index in [1.165, 1.54) is 24.7 Å². The second-order valence-electron chi connectivity index (χ2n) is 2.69. The largest absolute Gasteiger partial charge is 0.431 e. The van der Waals surface area contributed by atoms with Gasteiger partial charge in [-0.3, -0.25) is 0 Å². The van der Waals surface area contributed by atoms with Crippen LogP contribution in [-0.2, 0) is 0 Å². The zero-order valence-corrected chi connectivity index (χ0v) is 7.10. The van der Waals surface area contributed by atoms with Crippen LogP contribution < -0.4 is 11.3 Å². The smallest absolute Gasteiger partial charge is 0.335 e. The Kier molecular flexibility index (Phi) is 2.02. The van der Waals surface area contributed by atoms with Crippen molar-refractivity contribution in [3.63, 3.8) is 0 Å². The first kappa shape index (κ1) is 8.50. The van der Waals surface area contributed by atoms with E-state index in [2.05, 4.69) is 8.83 Å². The summed E-state index contributed by atoms with van der Waals surface area (Å²) in [5.74, 6) is 0. The monoisotopic (exact) mass is 190 g/mol. The molecule has 0 spiro atoms. The predicted molar refractivity (Wildman–Crippen MR) is 49.0 cm³/mol. The van der Waals surface area contributed by atoms with Gasteiger partial charge in [0.15, 0.2) is 0 Å². The van der Waals surface area contributed by atoms with Gasteiger partial charge in [0, 0.05) is 23.3 Å². The number of rotatable bonds is 1. The van der Waals surface area contributed by atoms with Crippen LogP contribution in [0, 0.1) is 0 Å². The zero-order chi connectivity index (χ0) is 9.97. The standard InChI is InChI=1S/C10H6O4/c11-9-3-1-7(5-13-9)8-2-4-10(12)14-6-8/h1-6H. The Labute approximate surface area is 78.4 Å². The van der Waals surface area contributed by atoms with Gasteiger partial charge in [0.2, 0.25) is 0 Å². The molecule has 2 rings (SSSR count). The molecule has 0 aliphatic heterocycles. The summed E-state index contributed by atoms with van der Waals surface area (Å²) in [5.41, 5.74) is 0.555. The highest BCUT2D eigenvalue weighted by Gasteiger charge is 1.98. The maximum Gasteiger partial charge on any atom is 0.335 e. The van der Waals surface area contributed by atoms with Crippen molar-refractivity contribution in [1.29, 1.82) is 0 Å². The third-order valence-electron chi connectivity index (χ3n) is 1.74. The molecule has 0 N–H and O–H groups in total. The molecule has 4 nitrogen and oxygen atoms in total. The Morgan fingerprint density at radius 3 is 1.43 bits per heavy atom. The molecular formula is C10H6O4. The molecule has 0 atom stereocenters. The summed E-state index contributed by atoms with van der Waals surface area (Å²) in [6, 6.07) is 5.81. The Morgan fingerprint density at radius 2 is 1.14 bits per heavy atom. The fourth-order valence-corrected chi connectivity index (χ4v) is 1.04. The van der Waals surface area contributed by atoms with E-state index < -0.39 is 11.3 Å². The molecule has 0 fully saturated rings. The molecule has 0 aliphatic rings. The molecule has 2 aromatic heterocycles. The molecule has 14 heavy (non-hydrogen) atoms. The Balaban J connectivity index is 2.49. The lowest BCUT2D eigenvalue weighted by atomic mass is 10.1. The Morgan fingerprint density at radius 1 is 0.714 bits per heavy atom. The van der Waals surface area contributed by atoms with Crippen molar-refractivity contribution >= 4 is 0 Å². The molecule has 0 unspecified atom stereocenters. The molecule has 0 aromatic carbocycles. The quantitative estimate of drug-likeness (QED) is 0.679. The van der Waals surface area contributed by atoms with Crippen LogP contribution in [0.2, 0.25) is 0 Å². The van der Waals surface area contributed by atoms with E-state index in [0.29, 0.717) is 11.1 Å². The van der Waals surface area contributed by atoms with Crippen molar-refractivity contribution in [3.05, 3.63) is 57.6 Å². The van der Waals surface area contributed by atoms with E-state index in [-0.39, 0.29) is 0 Å². The molecule has 70 valence electrons. The van der Waals surface area contributed by atoms with Crippen LogP contribution in [0.25, 0.3) is 11.1 Å². The fraction of sp³-hybridized carbons (Fsp3) is 0. The first-order chi connectivity index (χ1) is 6.75. The van der Waals surface area contributed by atoms with Crippen LogP contribution in [0.1, 0.15) is 0 Å². The van der Waals surface area contributed by atoms with Crippen molar-refractivity contribution < 1.29 is 8.83 Å². The average molecular weight is 190 g/mol. The Bertz CT molecular complexity index is 458. The van der Waals surface area contributed by atoms with Gasteiger partial charge in [0.05, 0.1) is 0 Å². The normalized spacial score (nSPS) is 10.0. The van der Waals surface area contributed by atoms with Gasteiger partial charge in [0.1, 0.15) is 12.5 Å². The highest BCUT2D eigenvalue weighted by Crippen LogP contribution is 2.15. The molecule has 0 saturated heterocycles. The number of hydrogen-bond acceptors (Lipinski definition) is 4. The van der Waals surface area contributed by atoms with E-state index in [0.717, 1.165) is 0 Å². The maximum absolute atomic E-state index is 10.7. The topological polar surface area (TPSA) is 60.4 Å². The lowest BCUT2D eigenvalue weighted by Crippen LogP contribution is -1.96. The summed E-state index contributed by atoms with van der Waals surface area (Å²) < 4.78 is 9.34. The first-order valence-corrected chi connectivity index (χ1v) is 3.94. The van der Waals surface area contributed by atoms with Crippen molar-refractivity contribution in [3.8, 4) is 11.1 Å². The summed E-state index contributed by atoms with van der Waals surface area (Å²) in [7, 11) is 0. The minimum absolute atomic E-state index is 0.411. The molecule has 0 saturated carbocycles. The van der Waals surface area contributed by atoms with E-state index >= 15 is 0 Å². The molecule has 0 amide bonds. The summed E-state index contributed by atoms with van der Waals surface area (Å²) in [6.07, 6.45) is 2.63. The third-order valence-corrected chi connectivity index (χ3v) is 1.74. The molecule has 0 bridgehead atoms. The van der Waals surface area contributed by atoms with Gasteiger partial charge in [0.25, 0.3) is 0 Å². The summed E-state index contributed by atoms with van der Waals surface area (Å²) in [4.78, 5) is 21.3. The van der Waals surface area contributed by atoms with Gasteiger partial charge in [-0.1, -0.05) is 0 Å².